The summed E-state index contributed by atoms with van der Waals surface area (Å²) in [6, 6.07) is 13.1. The molecule has 2 rings (SSSR count). The summed E-state index contributed by atoms with van der Waals surface area (Å²) in [5, 5.41) is 12.9. The van der Waals surface area contributed by atoms with E-state index in [1.54, 1.807) is 38.5 Å². The van der Waals surface area contributed by atoms with Gasteiger partial charge in [0.1, 0.15) is 17.6 Å². The van der Waals surface area contributed by atoms with Crippen molar-refractivity contribution < 1.29 is 9.47 Å². The van der Waals surface area contributed by atoms with E-state index < -0.39 is 0 Å². The quantitative estimate of drug-likeness (QED) is 0.911. The highest BCUT2D eigenvalue weighted by molar-refractivity contribution is 6.32. The topological polar surface area (TPSA) is 54.3 Å². The summed E-state index contributed by atoms with van der Waals surface area (Å²) in [6.45, 7) is 0.585. The summed E-state index contributed by atoms with van der Waals surface area (Å²) < 4.78 is 10.2. The van der Waals surface area contributed by atoms with Crippen molar-refractivity contribution in [3.8, 4) is 17.6 Å². The van der Waals surface area contributed by atoms with Crippen LogP contribution in [-0.4, -0.2) is 14.2 Å². The van der Waals surface area contributed by atoms with E-state index in [0.29, 0.717) is 28.6 Å². The zero-order valence-corrected chi connectivity index (χ0v) is 12.6. The van der Waals surface area contributed by atoms with Crippen molar-refractivity contribution in [2.24, 2.45) is 0 Å². The first-order chi connectivity index (χ1) is 10.2. The van der Waals surface area contributed by atoms with E-state index in [-0.39, 0.29) is 0 Å². The van der Waals surface area contributed by atoms with Gasteiger partial charge in [-0.1, -0.05) is 17.7 Å². The van der Waals surface area contributed by atoms with Crippen LogP contribution in [0.2, 0.25) is 5.02 Å². The predicted octanol–water partition coefficient (Wildman–Crippen LogP) is 3.84. The Bertz CT molecular complexity index is 680. The molecule has 108 valence electrons. The van der Waals surface area contributed by atoms with Crippen LogP contribution >= 0.6 is 11.6 Å². The Morgan fingerprint density at radius 1 is 1.10 bits per heavy atom. The van der Waals surface area contributed by atoms with Crippen LogP contribution < -0.4 is 14.8 Å². The molecule has 1 N–H and O–H groups in total. The molecule has 0 saturated heterocycles. The second-order valence-electron chi connectivity index (χ2n) is 4.35. The first-order valence-electron chi connectivity index (χ1n) is 6.32. The zero-order valence-electron chi connectivity index (χ0n) is 11.8. The number of hydrogen-bond acceptors (Lipinski definition) is 4. The van der Waals surface area contributed by atoms with Gasteiger partial charge in [-0.15, -0.1) is 0 Å². The first-order valence-corrected chi connectivity index (χ1v) is 6.70. The number of hydrogen-bond donors (Lipinski definition) is 1. The summed E-state index contributed by atoms with van der Waals surface area (Å²) in [5.74, 6) is 1.21. The van der Waals surface area contributed by atoms with Crippen LogP contribution in [0.3, 0.4) is 0 Å². The largest absolute Gasteiger partial charge is 0.495 e. The van der Waals surface area contributed by atoms with E-state index in [1.807, 2.05) is 12.1 Å². The van der Waals surface area contributed by atoms with Crippen molar-refractivity contribution in [1.29, 1.82) is 5.26 Å². The van der Waals surface area contributed by atoms with Crippen molar-refractivity contribution in [1.82, 2.24) is 0 Å². The van der Waals surface area contributed by atoms with E-state index in [4.69, 9.17) is 26.3 Å². The van der Waals surface area contributed by atoms with Crippen molar-refractivity contribution in [2.45, 2.75) is 6.54 Å². The Kier molecular flexibility index (Phi) is 4.91. The van der Waals surface area contributed by atoms with Gasteiger partial charge in [0.25, 0.3) is 0 Å². The van der Waals surface area contributed by atoms with E-state index in [0.717, 1.165) is 11.3 Å². The molecule has 0 atom stereocenters. The summed E-state index contributed by atoms with van der Waals surface area (Å²) in [4.78, 5) is 0. The number of benzene rings is 2. The third-order valence-electron chi connectivity index (χ3n) is 3.03. The Morgan fingerprint density at radius 3 is 2.43 bits per heavy atom. The maximum atomic E-state index is 9.07. The van der Waals surface area contributed by atoms with Crippen LogP contribution in [0.25, 0.3) is 0 Å². The van der Waals surface area contributed by atoms with Crippen LogP contribution in [0.15, 0.2) is 36.4 Å². The van der Waals surface area contributed by atoms with Gasteiger partial charge in [-0.25, -0.2) is 0 Å². The second-order valence-corrected chi connectivity index (χ2v) is 4.76. The molecule has 0 bridgehead atoms. The van der Waals surface area contributed by atoms with Crippen LogP contribution in [0.5, 0.6) is 11.5 Å². The standard InChI is InChI=1S/C16H15ClN2O2/c1-20-15-5-3-11(7-12(15)9-18)10-19-13-4-6-16(21-2)14(17)8-13/h3-8,19H,10H2,1-2H3. The first kappa shape index (κ1) is 15.0. The number of nitriles is 1. The number of methoxy groups -OCH3 is 2. The van der Waals surface area contributed by atoms with Crippen LogP contribution in [-0.2, 0) is 6.54 Å². The highest BCUT2D eigenvalue weighted by atomic mass is 35.5. The number of nitrogens with zero attached hydrogens (tertiary/aromatic N) is 1. The number of anilines is 1. The Labute approximate surface area is 128 Å². The number of ether oxygens (including phenoxy) is 2. The lowest BCUT2D eigenvalue weighted by Crippen LogP contribution is -2.00. The monoisotopic (exact) mass is 302 g/mol. The van der Waals surface area contributed by atoms with E-state index in [9.17, 15) is 0 Å². The number of halogens is 1. The molecule has 0 saturated carbocycles. The minimum atomic E-state index is 0.518. The Hall–Kier alpha value is -2.38. The van der Waals surface area contributed by atoms with Gasteiger partial charge in [0.05, 0.1) is 24.8 Å². The van der Waals surface area contributed by atoms with Crippen molar-refractivity contribution in [3.63, 3.8) is 0 Å². The molecule has 0 radical (unpaired) electrons. The van der Waals surface area contributed by atoms with Crippen molar-refractivity contribution in [3.05, 3.63) is 52.5 Å². The normalized spacial score (nSPS) is 9.81. The van der Waals surface area contributed by atoms with Crippen LogP contribution in [0, 0.1) is 11.3 Å². The summed E-state index contributed by atoms with van der Waals surface area (Å²) >= 11 is 6.07. The minimum Gasteiger partial charge on any atom is -0.495 e. The summed E-state index contributed by atoms with van der Waals surface area (Å²) in [7, 11) is 3.13. The molecular weight excluding hydrogens is 288 g/mol. The molecule has 0 aliphatic rings. The van der Waals surface area contributed by atoms with Gasteiger partial charge in [0.2, 0.25) is 0 Å². The summed E-state index contributed by atoms with van der Waals surface area (Å²) in [5.41, 5.74) is 2.39. The molecule has 5 heteroatoms. The Balaban J connectivity index is 2.10. The van der Waals surface area contributed by atoms with Crippen LogP contribution in [0.1, 0.15) is 11.1 Å². The molecule has 2 aromatic carbocycles. The third-order valence-corrected chi connectivity index (χ3v) is 3.33. The maximum Gasteiger partial charge on any atom is 0.137 e. The Morgan fingerprint density at radius 2 is 1.81 bits per heavy atom. The fourth-order valence-electron chi connectivity index (χ4n) is 1.93. The average molecular weight is 303 g/mol. The lowest BCUT2D eigenvalue weighted by molar-refractivity contribution is 0.413. The van der Waals surface area contributed by atoms with Gasteiger partial charge in [-0.05, 0) is 35.9 Å². The highest BCUT2D eigenvalue weighted by Crippen LogP contribution is 2.27. The number of rotatable bonds is 5. The molecule has 0 aromatic heterocycles. The van der Waals surface area contributed by atoms with E-state index >= 15 is 0 Å². The molecular formula is C16H15ClN2O2. The van der Waals surface area contributed by atoms with E-state index in [2.05, 4.69) is 11.4 Å². The summed E-state index contributed by atoms with van der Waals surface area (Å²) in [6.07, 6.45) is 0. The van der Waals surface area contributed by atoms with Crippen molar-refractivity contribution in [2.75, 3.05) is 19.5 Å². The van der Waals surface area contributed by atoms with Gasteiger partial charge >= 0.3 is 0 Å². The molecule has 21 heavy (non-hydrogen) atoms. The van der Waals surface area contributed by atoms with Gasteiger partial charge in [-0.2, -0.15) is 5.26 Å². The van der Waals surface area contributed by atoms with Crippen LogP contribution in [0.4, 0.5) is 5.69 Å². The number of nitrogens with one attached hydrogen (secondary N) is 1. The highest BCUT2D eigenvalue weighted by Gasteiger charge is 2.05. The van der Waals surface area contributed by atoms with Gasteiger partial charge < -0.3 is 14.8 Å². The average Bonchev–Trinajstić information content (AvgIpc) is 2.52. The predicted molar refractivity (Wildman–Crippen MR) is 83.0 cm³/mol. The molecule has 0 fully saturated rings. The zero-order chi connectivity index (χ0) is 15.2. The lowest BCUT2D eigenvalue weighted by Gasteiger charge is -2.10. The van der Waals surface area contributed by atoms with Gasteiger partial charge in [0, 0.05) is 12.2 Å². The fourth-order valence-corrected chi connectivity index (χ4v) is 2.19. The lowest BCUT2D eigenvalue weighted by atomic mass is 10.1. The van der Waals surface area contributed by atoms with Crippen molar-refractivity contribution >= 4 is 17.3 Å². The molecule has 0 heterocycles. The molecule has 2 aromatic rings. The molecule has 0 aliphatic heterocycles. The molecule has 4 nitrogen and oxygen atoms in total. The third kappa shape index (κ3) is 3.59. The van der Waals surface area contributed by atoms with E-state index in [1.165, 1.54) is 0 Å². The second kappa shape index (κ2) is 6.87. The SMILES string of the molecule is COc1ccc(NCc2ccc(OC)c(C#N)c2)cc1Cl. The molecule has 0 amide bonds. The molecule has 0 aliphatic carbocycles. The minimum absolute atomic E-state index is 0.518. The van der Waals surface area contributed by atoms with Gasteiger partial charge in [0.15, 0.2) is 0 Å². The maximum absolute atomic E-state index is 9.07. The van der Waals surface area contributed by atoms with Gasteiger partial charge in [-0.3, -0.25) is 0 Å². The smallest absolute Gasteiger partial charge is 0.137 e. The molecule has 0 spiro atoms. The molecule has 0 unspecified atom stereocenters. The fraction of sp³-hybridized carbons (Fsp3) is 0.188.